The van der Waals surface area contributed by atoms with E-state index in [-0.39, 0.29) is 0 Å². The molecule has 0 amide bonds. The van der Waals surface area contributed by atoms with Crippen LogP contribution in [0.15, 0.2) is 28.7 Å². The largest absolute Gasteiger partial charge is 0.494 e. The molecule has 0 radical (unpaired) electrons. The number of aromatic nitrogens is 2. The highest BCUT2D eigenvalue weighted by Crippen LogP contribution is 2.21. The quantitative estimate of drug-likeness (QED) is 0.829. The normalized spacial score (nSPS) is 10.4. The lowest BCUT2D eigenvalue weighted by Crippen LogP contribution is -1.90. The smallest absolute Gasteiger partial charge is 0.247 e. The fourth-order valence-electron chi connectivity index (χ4n) is 1.29. The molecule has 16 heavy (non-hydrogen) atoms. The average Bonchev–Trinajstić information content (AvgIpc) is 2.79. The first kappa shape index (κ1) is 11.0. The predicted molar refractivity (Wildman–Crippen MR) is 63.6 cm³/mol. The van der Waals surface area contributed by atoms with E-state index in [4.69, 9.17) is 9.15 Å². The molecule has 2 rings (SSSR count). The van der Waals surface area contributed by atoms with Gasteiger partial charge in [-0.2, -0.15) is 12.6 Å². The summed E-state index contributed by atoms with van der Waals surface area (Å²) < 4.78 is 10.7. The van der Waals surface area contributed by atoms with Gasteiger partial charge in [-0.15, -0.1) is 10.2 Å². The van der Waals surface area contributed by atoms with Crippen molar-refractivity contribution < 1.29 is 9.15 Å². The number of hydrogen-bond donors (Lipinski definition) is 1. The number of nitrogens with zero attached hydrogens (tertiary/aromatic N) is 2. The van der Waals surface area contributed by atoms with E-state index in [1.165, 1.54) is 0 Å². The van der Waals surface area contributed by atoms with Gasteiger partial charge in [0.15, 0.2) is 0 Å². The van der Waals surface area contributed by atoms with Gasteiger partial charge in [-0.25, -0.2) is 0 Å². The van der Waals surface area contributed by atoms with E-state index in [1.54, 1.807) is 0 Å². The van der Waals surface area contributed by atoms with Crippen molar-refractivity contribution >= 4 is 12.6 Å². The molecule has 5 heteroatoms. The van der Waals surface area contributed by atoms with Crippen molar-refractivity contribution in [2.75, 3.05) is 6.61 Å². The van der Waals surface area contributed by atoms with Gasteiger partial charge in [0.05, 0.1) is 12.4 Å². The number of benzene rings is 1. The van der Waals surface area contributed by atoms with E-state index in [2.05, 4.69) is 22.8 Å². The summed E-state index contributed by atoms with van der Waals surface area (Å²) in [6.07, 6.45) is 0. The minimum atomic E-state index is 0.448. The van der Waals surface area contributed by atoms with Crippen LogP contribution in [0.5, 0.6) is 5.75 Å². The first-order chi connectivity index (χ1) is 7.83. The monoisotopic (exact) mass is 236 g/mol. The molecule has 1 aromatic carbocycles. The van der Waals surface area contributed by atoms with E-state index in [1.807, 2.05) is 31.2 Å². The van der Waals surface area contributed by atoms with Crippen LogP contribution in [0.25, 0.3) is 11.5 Å². The molecule has 0 spiro atoms. The molecule has 0 saturated heterocycles. The third-order valence-electron chi connectivity index (χ3n) is 2.01. The van der Waals surface area contributed by atoms with Crippen molar-refractivity contribution in [2.45, 2.75) is 12.7 Å². The Bertz CT molecular complexity index is 453. The van der Waals surface area contributed by atoms with E-state index in [0.717, 1.165) is 11.3 Å². The van der Waals surface area contributed by atoms with E-state index in [0.29, 0.717) is 24.1 Å². The summed E-state index contributed by atoms with van der Waals surface area (Å²) in [7, 11) is 0. The standard InChI is InChI=1S/C11H12N2O2S/c1-2-14-9-5-3-8(4-6-9)11-13-12-10(7-16)15-11/h3-6,16H,2,7H2,1H3. The van der Waals surface area contributed by atoms with Crippen LogP contribution in [0.4, 0.5) is 0 Å². The first-order valence-corrected chi connectivity index (χ1v) is 5.63. The lowest BCUT2D eigenvalue weighted by Gasteiger charge is -2.02. The molecule has 1 aromatic heterocycles. The van der Waals surface area contributed by atoms with Gasteiger partial charge in [0.1, 0.15) is 5.75 Å². The zero-order valence-corrected chi connectivity index (χ0v) is 9.78. The van der Waals surface area contributed by atoms with Crippen molar-refractivity contribution in [3.63, 3.8) is 0 Å². The lowest BCUT2D eigenvalue weighted by atomic mass is 10.2. The van der Waals surface area contributed by atoms with Gasteiger partial charge in [0.2, 0.25) is 11.8 Å². The SMILES string of the molecule is CCOc1ccc(-c2nnc(CS)o2)cc1. The van der Waals surface area contributed by atoms with Gasteiger partial charge in [-0.1, -0.05) is 0 Å². The maximum absolute atomic E-state index is 5.38. The highest BCUT2D eigenvalue weighted by Gasteiger charge is 2.06. The number of ether oxygens (including phenoxy) is 1. The van der Waals surface area contributed by atoms with Gasteiger partial charge < -0.3 is 9.15 Å². The Labute approximate surface area is 99.1 Å². The molecule has 1 heterocycles. The summed E-state index contributed by atoms with van der Waals surface area (Å²) >= 11 is 4.06. The van der Waals surface area contributed by atoms with Crippen LogP contribution in [0, 0.1) is 0 Å². The lowest BCUT2D eigenvalue weighted by molar-refractivity contribution is 0.340. The Morgan fingerprint density at radius 3 is 2.56 bits per heavy atom. The Kier molecular flexibility index (Phi) is 3.46. The summed E-state index contributed by atoms with van der Waals surface area (Å²) in [4.78, 5) is 0. The van der Waals surface area contributed by atoms with Crippen LogP contribution >= 0.6 is 12.6 Å². The Hall–Kier alpha value is -1.49. The fraction of sp³-hybridized carbons (Fsp3) is 0.273. The first-order valence-electron chi connectivity index (χ1n) is 5.00. The van der Waals surface area contributed by atoms with Gasteiger partial charge in [-0.05, 0) is 31.2 Å². The number of rotatable bonds is 4. The maximum atomic E-state index is 5.38. The second kappa shape index (κ2) is 5.03. The van der Waals surface area contributed by atoms with Crippen molar-refractivity contribution in [1.82, 2.24) is 10.2 Å². The molecule has 0 unspecified atom stereocenters. The molecule has 0 aliphatic heterocycles. The number of hydrogen-bond acceptors (Lipinski definition) is 5. The van der Waals surface area contributed by atoms with Crippen LogP contribution in [-0.2, 0) is 5.75 Å². The molecule has 0 atom stereocenters. The fourth-order valence-corrected chi connectivity index (χ4v) is 1.42. The molecule has 0 aliphatic rings. The molecular formula is C11H12N2O2S. The summed E-state index contributed by atoms with van der Waals surface area (Å²) in [5.74, 6) is 2.31. The minimum Gasteiger partial charge on any atom is -0.494 e. The van der Waals surface area contributed by atoms with Gasteiger partial charge >= 0.3 is 0 Å². The average molecular weight is 236 g/mol. The van der Waals surface area contributed by atoms with Gasteiger partial charge in [0, 0.05) is 5.56 Å². The highest BCUT2D eigenvalue weighted by atomic mass is 32.1. The van der Waals surface area contributed by atoms with Gasteiger partial charge in [-0.3, -0.25) is 0 Å². The molecule has 0 bridgehead atoms. The van der Waals surface area contributed by atoms with Crippen molar-refractivity contribution in [2.24, 2.45) is 0 Å². The predicted octanol–water partition coefficient (Wildman–Crippen LogP) is 2.57. The van der Waals surface area contributed by atoms with E-state index < -0.39 is 0 Å². The molecule has 2 aromatic rings. The summed E-state index contributed by atoms with van der Waals surface area (Å²) in [6.45, 7) is 2.61. The molecule has 0 aliphatic carbocycles. The van der Waals surface area contributed by atoms with Crippen molar-refractivity contribution in [3.8, 4) is 17.2 Å². The third-order valence-corrected chi connectivity index (χ3v) is 2.28. The van der Waals surface area contributed by atoms with Crippen molar-refractivity contribution in [3.05, 3.63) is 30.2 Å². The Morgan fingerprint density at radius 2 is 2.00 bits per heavy atom. The Balaban J connectivity index is 2.20. The van der Waals surface area contributed by atoms with E-state index in [9.17, 15) is 0 Å². The summed E-state index contributed by atoms with van der Waals surface area (Å²) in [5.41, 5.74) is 0.879. The third kappa shape index (κ3) is 2.36. The van der Waals surface area contributed by atoms with Crippen LogP contribution < -0.4 is 4.74 Å². The maximum Gasteiger partial charge on any atom is 0.247 e. The summed E-state index contributed by atoms with van der Waals surface area (Å²) in [5, 5.41) is 7.77. The van der Waals surface area contributed by atoms with Crippen LogP contribution in [-0.4, -0.2) is 16.8 Å². The molecule has 0 saturated carbocycles. The highest BCUT2D eigenvalue weighted by molar-refractivity contribution is 7.79. The summed E-state index contributed by atoms with van der Waals surface area (Å²) in [6, 6.07) is 7.54. The minimum absolute atomic E-state index is 0.448. The molecule has 4 nitrogen and oxygen atoms in total. The zero-order valence-electron chi connectivity index (χ0n) is 8.88. The van der Waals surface area contributed by atoms with Gasteiger partial charge in [0.25, 0.3) is 0 Å². The Morgan fingerprint density at radius 1 is 1.25 bits per heavy atom. The van der Waals surface area contributed by atoms with Crippen LogP contribution in [0.3, 0.4) is 0 Å². The molecule has 84 valence electrons. The molecule has 0 N–H and O–H groups in total. The molecule has 0 fully saturated rings. The molecular weight excluding hydrogens is 224 g/mol. The second-order valence-corrected chi connectivity index (χ2v) is 3.43. The zero-order chi connectivity index (χ0) is 11.4. The second-order valence-electron chi connectivity index (χ2n) is 3.12. The van der Waals surface area contributed by atoms with Crippen LogP contribution in [0.1, 0.15) is 12.8 Å². The topological polar surface area (TPSA) is 48.2 Å². The van der Waals surface area contributed by atoms with Crippen LogP contribution in [0.2, 0.25) is 0 Å². The van der Waals surface area contributed by atoms with Crippen molar-refractivity contribution in [1.29, 1.82) is 0 Å². The number of thiol groups is 1. The van der Waals surface area contributed by atoms with E-state index >= 15 is 0 Å².